The van der Waals surface area contributed by atoms with Gasteiger partial charge in [-0.3, -0.25) is 0 Å². The van der Waals surface area contributed by atoms with Gasteiger partial charge in [0, 0.05) is 0 Å². The minimum Gasteiger partial charge on any atom is -0.394 e. The quantitative estimate of drug-likeness (QED) is 0.0904. The molecule has 22 rings (SSSR count). The van der Waals surface area contributed by atoms with E-state index in [9.17, 15) is 91.9 Å². The molecule has 412 valence electrons. The third-order valence-electron chi connectivity index (χ3n) is 13.3. The van der Waals surface area contributed by atoms with Crippen LogP contribution in [0.5, 0.6) is 0 Å². The molecular formula is C40H66O31. The summed E-state index contributed by atoms with van der Waals surface area (Å²) in [6, 6.07) is 0. The topological polar surface area (TPSA) is 484 Å². The zero-order valence-electron chi connectivity index (χ0n) is 37.5. The highest BCUT2D eigenvalue weighted by Crippen LogP contribution is 2.38. The van der Waals surface area contributed by atoms with E-state index in [4.69, 9.17) is 61.6 Å². The highest BCUT2D eigenvalue weighted by atomic mass is 16.8. The van der Waals surface area contributed by atoms with E-state index in [0.717, 1.165) is 6.08 Å². The largest absolute Gasteiger partial charge is 0.394 e. The first-order valence-corrected chi connectivity index (χ1v) is 22.8. The lowest BCUT2D eigenvalue weighted by Gasteiger charge is -2.50. The van der Waals surface area contributed by atoms with E-state index in [-0.39, 0.29) is 0 Å². The maximum atomic E-state index is 11.5. The van der Waals surface area contributed by atoms with E-state index in [0.29, 0.717) is 0 Å². The molecule has 0 aromatic rings. The van der Waals surface area contributed by atoms with Crippen molar-refractivity contribution in [1.82, 2.24) is 0 Å². The number of hydrogen-bond donors (Lipinski definition) is 18. The molecule has 22 heterocycles. The third kappa shape index (κ3) is 11.8. The summed E-state index contributed by atoms with van der Waals surface area (Å²) in [4.78, 5) is 0. The average molecular weight is 1040 g/mol. The van der Waals surface area contributed by atoms with Crippen LogP contribution in [0.1, 0.15) is 0 Å². The van der Waals surface area contributed by atoms with Crippen molar-refractivity contribution < 1.29 is 153 Å². The first-order valence-electron chi connectivity index (χ1n) is 22.8. The summed E-state index contributed by atoms with van der Waals surface area (Å²) >= 11 is 0. The minimum absolute atomic E-state index is 0.414. The average Bonchev–Trinajstić information content (AvgIpc) is 3.36. The van der Waals surface area contributed by atoms with Gasteiger partial charge in [-0.25, -0.2) is 0 Å². The summed E-state index contributed by atoms with van der Waals surface area (Å²) in [6.07, 6.45) is -58.9. The van der Waals surface area contributed by atoms with Crippen molar-refractivity contribution in [1.29, 1.82) is 0 Å². The number of ether oxygens (including phenoxy) is 13. The molecule has 0 aliphatic carbocycles. The Hall–Kier alpha value is -1.50. The van der Waals surface area contributed by atoms with Gasteiger partial charge in [0.05, 0.1) is 52.4 Å². The molecule has 71 heavy (non-hydrogen) atoms. The first-order chi connectivity index (χ1) is 33.8. The zero-order valence-corrected chi connectivity index (χ0v) is 37.5. The number of hydrogen-bond acceptors (Lipinski definition) is 31. The number of rotatable bonds is 10. The van der Waals surface area contributed by atoms with Crippen molar-refractivity contribution >= 4 is 0 Å². The van der Waals surface area contributed by atoms with Gasteiger partial charge < -0.3 is 153 Å². The minimum atomic E-state index is -2.17. The van der Waals surface area contributed by atoms with Gasteiger partial charge >= 0.3 is 0 Å². The third-order valence-corrected chi connectivity index (χ3v) is 13.3. The number of aliphatic hydroxyl groups is 18. The van der Waals surface area contributed by atoms with Crippen molar-refractivity contribution in [3.8, 4) is 0 Å². The van der Waals surface area contributed by atoms with Gasteiger partial charge in [0.15, 0.2) is 37.7 Å². The standard InChI is InChI=1S/C40H66O31/c1-2-10(46)8-59-9-16-34-22(52)28(58)40(65-16)70-33-15(7-45)63-38(26(56)20(33)50)68-31-13(5-43)61-36(24(54)18(31)48)66-29-11(3-41)60-35(23(53)17(29)47)67-30-12(4-42)62-37(25(55)19(30)49)69-32-14(6-44)64-39(71-34)27(57)21(32)51/h2,10-58H,1,3-9H2/t10?,11-,12-,13-,14-,15-,16-,17-,18-,19-,20-,21-,22-,23-,24-,25-,26-,27-,28-,29-,30-,31-,32-,33-,34-,35-,36-,37-,38-,39-,40-/m1/s1. The molecule has 12 bridgehead atoms. The Morgan fingerprint density at radius 1 is 0.324 bits per heavy atom. The molecule has 22 aliphatic heterocycles. The lowest BCUT2D eigenvalue weighted by atomic mass is 9.94. The van der Waals surface area contributed by atoms with Crippen LogP contribution in [0.4, 0.5) is 0 Å². The molecule has 0 aromatic carbocycles. The molecule has 18 N–H and O–H groups in total. The predicted molar refractivity (Wildman–Crippen MR) is 216 cm³/mol. The maximum absolute atomic E-state index is 11.5. The van der Waals surface area contributed by atoms with Gasteiger partial charge in [-0.05, 0) is 0 Å². The Morgan fingerprint density at radius 2 is 0.521 bits per heavy atom. The van der Waals surface area contributed by atoms with Crippen LogP contribution in [-0.2, 0) is 61.6 Å². The van der Waals surface area contributed by atoms with E-state index in [1.807, 2.05) is 0 Å². The summed E-state index contributed by atoms with van der Waals surface area (Å²) in [5.74, 6) is 0. The fraction of sp³-hybridized carbons (Fsp3) is 0.950. The summed E-state index contributed by atoms with van der Waals surface area (Å²) in [7, 11) is 0. The maximum Gasteiger partial charge on any atom is 0.187 e. The molecule has 0 radical (unpaired) electrons. The fourth-order valence-corrected chi connectivity index (χ4v) is 9.29. The highest BCUT2D eigenvalue weighted by molar-refractivity contribution is 5.01. The van der Waals surface area contributed by atoms with Crippen LogP contribution >= 0.6 is 0 Å². The van der Waals surface area contributed by atoms with Crippen LogP contribution in [-0.4, -0.2) is 329 Å². The molecular weight excluding hydrogens is 976 g/mol. The van der Waals surface area contributed by atoms with Crippen molar-refractivity contribution in [2.45, 2.75) is 190 Å². The molecule has 22 aliphatic rings. The van der Waals surface area contributed by atoms with E-state index >= 15 is 0 Å². The predicted octanol–water partition coefficient (Wildman–Crippen LogP) is -12.5. The van der Waals surface area contributed by atoms with Crippen molar-refractivity contribution in [2.75, 3.05) is 46.2 Å². The number of aliphatic hydroxyl groups excluding tert-OH is 18. The second-order valence-electron chi connectivity index (χ2n) is 18.0. The lowest BCUT2D eigenvalue weighted by molar-refractivity contribution is -0.404. The second-order valence-corrected chi connectivity index (χ2v) is 18.0. The summed E-state index contributed by atoms with van der Waals surface area (Å²) in [5.41, 5.74) is 0. The van der Waals surface area contributed by atoms with Crippen molar-refractivity contribution in [3.05, 3.63) is 12.7 Å². The highest BCUT2D eigenvalue weighted by Gasteiger charge is 2.58. The van der Waals surface area contributed by atoms with Gasteiger partial charge in [-0.1, -0.05) is 6.08 Å². The Bertz CT molecular complexity index is 1650. The van der Waals surface area contributed by atoms with Crippen LogP contribution in [0.2, 0.25) is 0 Å². The van der Waals surface area contributed by atoms with Gasteiger partial charge in [0.2, 0.25) is 0 Å². The molecule has 0 aromatic heterocycles. The fourth-order valence-electron chi connectivity index (χ4n) is 9.29. The van der Waals surface area contributed by atoms with E-state index in [1.165, 1.54) is 0 Å². The molecule has 22 fully saturated rings. The van der Waals surface area contributed by atoms with Gasteiger partial charge in [0.1, 0.15) is 146 Å². The van der Waals surface area contributed by atoms with E-state index in [1.54, 1.807) is 0 Å². The zero-order chi connectivity index (χ0) is 51.7. The molecule has 1 unspecified atom stereocenters. The Kier molecular flexibility index (Phi) is 19.9. The molecule has 22 saturated heterocycles. The summed E-state index contributed by atoms with van der Waals surface area (Å²) in [5, 5.41) is 197. The normalized spacial score (nSPS) is 52.7. The summed E-state index contributed by atoms with van der Waals surface area (Å²) in [6.45, 7) is -2.62. The first kappa shape index (κ1) is 57.2. The van der Waals surface area contributed by atoms with Gasteiger partial charge in [0.25, 0.3) is 0 Å². The SMILES string of the molecule is C=CC(O)COC[C@H]1O[C@@H]2O[C@H]3[C@H](O)[C@@H](O)[C@@H](O[C@H]4[C@H](O)[C@@H](O)[C@@H](O[C@H]5[C@H](O)[C@@H](O)[C@@H](O[C@H]6[C@H](O)[C@@H](O)[C@@H](O[C@H]7[C@H](O)[C@@H](O)[C@@H](O[C@H]1[C@H](O)[C@H]2O)O[C@@H]7CO)O[C@@H]6CO)O[C@@H]5CO)O[C@@H]4CO)O[C@@H]3CO. The lowest BCUT2D eigenvalue weighted by Crippen LogP contribution is -2.69. The van der Waals surface area contributed by atoms with Crippen molar-refractivity contribution in [3.63, 3.8) is 0 Å². The Balaban J connectivity index is 1.21. The van der Waals surface area contributed by atoms with Crippen molar-refractivity contribution in [2.24, 2.45) is 0 Å². The van der Waals surface area contributed by atoms with Crippen LogP contribution in [0.15, 0.2) is 12.7 Å². The molecule has 31 heteroatoms. The van der Waals surface area contributed by atoms with Gasteiger partial charge in [-0.15, -0.1) is 6.58 Å². The molecule has 31 nitrogen and oxygen atoms in total. The molecule has 0 saturated carbocycles. The van der Waals surface area contributed by atoms with Gasteiger partial charge in [-0.2, -0.15) is 0 Å². The summed E-state index contributed by atoms with van der Waals surface area (Å²) < 4.78 is 74.4. The van der Waals surface area contributed by atoms with Crippen LogP contribution in [0.3, 0.4) is 0 Å². The molecule has 0 spiro atoms. The Morgan fingerprint density at radius 3 is 0.718 bits per heavy atom. The second kappa shape index (κ2) is 24.7. The Labute approximate surface area is 402 Å². The molecule has 31 atom stereocenters. The van der Waals surface area contributed by atoms with Crippen LogP contribution < -0.4 is 0 Å². The van der Waals surface area contributed by atoms with Crippen LogP contribution in [0.25, 0.3) is 0 Å². The molecule has 0 amide bonds. The van der Waals surface area contributed by atoms with E-state index < -0.39 is 237 Å². The smallest absolute Gasteiger partial charge is 0.187 e. The van der Waals surface area contributed by atoms with E-state index in [2.05, 4.69) is 6.58 Å². The monoisotopic (exact) mass is 1040 g/mol. The van der Waals surface area contributed by atoms with Crippen LogP contribution in [0, 0.1) is 0 Å².